The number of hydrogen-bond donors (Lipinski definition) is 1. The van der Waals surface area contributed by atoms with Crippen molar-refractivity contribution in [3.8, 4) is 5.75 Å². The lowest BCUT2D eigenvalue weighted by Crippen LogP contribution is -2.14. The topological polar surface area (TPSA) is 47.0 Å². The molecule has 0 unspecified atom stereocenters. The normalized spacial score (nSPS) is 14.6. The summed E-state index contributed by atoms with van der Waals surface area (Å²) in [7, 11) is 1.68. The van der Waals surface area contributed by atoms with Crippen LogP contribution >= 0.6 is 11.3 Å². The number of hydrogen-bond acceptors (Lipinski definition) is 5. The van der Waals surface area contributed by atoms with Crippen LogP contribution in [0.5, 0.6) is 5.75 Å². The Morgan fingerprint density at radius 2 is 1.95 bits per heavy atom. The van der Waals surface area contributed by atoms with E-state index in [1.165, 1.54) is 18.4 Å². The lowest BCUT2D eigenvalue weighted by molar-refractivity contribution is 0.414. The molecular formula is C14H17N3OS. The van der Waals surface area contributed by atoms with Crippen LogP contribution in [0.15, 0.2) is 24.3 Å². The van der Waals surface area contributed by atoms with Crippen LogP contribution in [0.3, 0.4) is 0 Å². The molecule has 1 aliphatic carbocycles. The van der Waals surface area contributed by atoms with Gasteiger partial charge in [0.05, 0.1) is 7.11 Å². The third kappa shape index (κ3) is 3.52. The van der Waals surface area contributed by atoms with Gasteiger partial charge in [0.25, 0.3) is 0 Å². The molecule has 100 valence electrons. The number of aromatic nitrogens is 2. The summed E-state index contributed by atoms with van der Waals surface area (Å²) in [5.41, 5.74) is 1.23. The van der Waals surface area contributed by atoms with E-state index >= 15 is 0 Å². The Kier molecular flexibility index (Phi) is 3.75. The minimum Gasteiger partial charge on any atom is -0.497 e. The maximum absolute atomic E-state index is 5.15. The fourth-order valence-corrected chi connectivity index (χ4v) is 2.70. The molecule has 0 saturated heterocycles. The Labute approximate surface area is 116 Å². The smallest absolute Gasteiger partial charge is 0.131 e. The maximum atomic E-state index is 5.15. The quantitative estimate of drug-likeness (QED) is 0.879. The summed E-state index contributed by atoms with van der Waals surface area (Å²) in [6.07, 6.45) is 3.44. The first-order chi connectivity index (χ1) is 9.33. The lowest BCUT2D eigenvalue weighted by Gasteiger charge is -2.01. The fraction of sp³-hybridized carbons (Fsp3) is 0.429. The Bertz CT molecular complexity index is 534. The van der Waals surface area contributed by atoms with Gasteiger partial charge in [-0.2, -0.15) is 0 Å². The van der Waals surface area contributed by atoms with Crippen molar-refractivity contribution in [2.24, 2.45) is 0 Å². The summed E-state index contributed by atoms with van der Waals surface area (Å²) in [5.74, 6) is 0.885. The molecule has 1 N–H and O–H groups in total. The first-order valence-corrected chi connectivity index (χ1v) is 7.33. The highest BCUT2D eigenvalue weighted by molar-refractivity contribution is 7.11. The van der Waals surface area contributed by atoms with Crippen molar-refractivity contribution in [1.29, 1.82) is 0 Å². The molecule has 0 spiro atoms. The van der Waals surface area contributed by atoms with Crippen molar-refractivity contribution >= 4 is 11.3 Å². The van der Waals surface area contributed by atoms with Crippen molar-refractivity contribution in [3.63, 3.8) is 0 Å². The van der Waals surface area contributed by atoms with E-state index in [1.807, 2.05) is 12.1 Å². The molecule has 0 radical (unpaired) electrons. The van der Waals surface area contributed by atoms with E-state index in [1.54, 1.807) is 18.4 Å². The van der Waals surface area contributed by atoms with Gasteiger partial charge < -0.3 is 10.1 Å². The van der Waals surface area contributed by atoms with Gasteiger partial charge in [0.15, 0.2) is 0 Å². The zero-order valence-corrected chi connectivity index (χ0v) is 11.7. The molecule has 1 aliphatic rings. The second kappa shape index (κ2) is 5.67. The molecule has 0 atom stereocenters. The molecule has 1 saturated carbocycles. The molecule has 1 aromatic carbocycles. The van der Waals surface area contributed by atoms with Gasteiger partial charge in [-0.25, -0.2) is 0 Å². The lowest BCUT2D eigenvalue weighted by atomic mass is 10.1. The Morgan fingerprint density at radius 1 is 1.21 bits per heavy atom. The second-order valence-corrected chi connectivity index (χ2v) is 5.92. The molecule has 1 aromatic heterocycles. The van der Waals surface area contributed by atoms with E-state index in [4.69, 9.17) is 4.74 Å². The van der Waals surface area contributed by atoms with E-state index < -0.39 is 0 Å². The van der Waals surface area contributed by atoms with Gasteiger partial charge in [-0.15, -0.1) is 10.2 Å². The molecule has 0 bridgehead atoms. The van der Waals surface area contributed by atoms with Crippen LogP contribution in [0.25, 0.3) is 0 Å². The van der Waals surface area contributed by atoms with Gasteiger partial charge in [0.2, 0.25) is 0 Å². The van der Waals surface area contributed by atoms with Gasteiger partial charge in [-0.3, -0.25) is 0 Å². The van der Waals surface area contributed by atoms with Gasteiger partial charge in [-0.1, -0.05) is 23.5 Å². The summed E-state index contributed by atoms with van der Waals surface area (Å²) >= 11 is 1.69. The summed E-state index contributed by atoms with van der Waals surface area (Å²) in [6, 6.07) is 8.82. The number of benzene rings is 1. The van der Waals surface area contributed by atoms with Crippen LogP contribution in [-0.4, -0.2) is 23.3 Å². The van der Waals surface area contributed by atoms with Crippen LogP contribution in [0.2, 0.25) is 0 Å². The summed E-state index contributed by atoms with van der Waals surface area (Å²) in [5, 5.41) is 14.1. The van der Waals surface area contributed by atoms with E-state index in [-0.39, 0.29) is 0 Å². The fourth-order valence-electron chi connectivity index (χ4n) is 1.87. The van der Waals surface area contributed by atoms with Crippen LogP contribution in [0, 0.1) is 0 Å². The molecule has 1 heterocycles. The second-order valence-electron chi connectivity index (χ2n) is 4.77. The van der Waals surface area contributed by atoms with Crippen molar-refractivity contribution < 1.29 is 4.74 Å². The van der Waals surface area contributed by atoms with E-state index in [0.29, 0.717) is 6.04 Å². The molecule has 5 heteroatoms. The average molecular weight is 275 g/mol. The number of rotatable bonds is 6. The van der Waals surface area contributed by atoms with E-state index in [9.17, 15) is 0 Å². The highest BCUT2D eigenvalue weighted by atomic mass is 32.1. The number of nitrogens with zero attached hydrogens (tertiary/aromatic N) is 2. The SMILES string of the molecule is COc1ccc(Cc2nnc(CNC3CC3)s2)cc1. The first kappa shape index (κ1) is 12.6. The Hall–Kier alpha value is -1.46. The predicted molar refractivity (Wildman–Crippen MR) is 75.6 cm³/mol. The minimum atomic E-state index is 0.717. The molecule has 2 aromatic rings. The molecule has 0 aliphatic heterocycles. The standard InChI is InChI=1S/C14H17N3OS/c1-18-12-6-2-10(3-7-12)8-13-16-17-14(19-13)9-15-11-4-5-11/h2-3,6-7,11,15H,4-5,8-9H2,1H3. The summed E-state index contributed by atoms with van der Waals surface area (Å²) in [6.45, 7) is 0.852. The van der Waals surface area contributed by atoms with Gasteiger partial charge in [-0.05, 0) is 30.5 Å². The van der Waals surface area contributed by atoms with Gasteiger partial charge in [0, 0.05) is 19.0 Å². The molecule has 3 rings (SSSR count). The van der Waals surface area contributed by atoms with Crippen molar-refractivity contribution in [2.75, 3.05) is 7.11 Å². The third-order valence-electron chi connectivity index (χ3n) is 3.14. The molecule has 4 nitrogen and oxygen atoms in total. The van der Waals surface area contributed by atoms with Crippen LogP contribution in [0.4, 0.5) is 0 Å². The number of nitrogens with one attached hydrogen (secondary N) is 1. The monoisotopic (exact) mass is 275 g/mol. The first-order valence-electron chi connectivity index (χ1n) is 6.51. The molecule has 0 amide bonds. The van der Waals surface area contributed by atoms with Crippen molar-refractivity contribution in [3.05, 3.63) is 39.8 Å². The van der Waals surface area contributed by atoms with E-state index in [2.05, 4.69) is 27.6 Å². The zero-order chi connectivity index (χ0) is 13.1. The Morgan fingerprint density at radius 3 is 2.63 bits per heavy atom. The predicted octanol–water partition coefficient (Wildman–Crippen LogP) is 2.39. The molecular weight excluding hydrogens is 258 g/mol. The van der Waals surface area contributed by atoms with Crippen LogP contribution < -0.4 is 10.1 Å². The molecule has 19 heavy (non-hydrogen) atoms. The van der Waals surface area contributed by atoms with Gasteiger partial charge in [0.1, 0.15) is 15.8 Å². The zero-order valence-electron chi connectivity index (χ0n) is 10.9. The Balaban J connectivity index is 1.58. The maximum Gasteiger partial charge on any atom is 0.131 e. The largest absolute Gasteiger partial charge is 0.497 e. The minimum absolute atomic E-state index is 0.717. The number of methoxy groups -OCH3 is 1. The average Bonchev–Trinajstić information content (AvgIpc) is 3.17. The van der Waals surface area contributed by atoms with Crippen LogP contribution in [0.1, 0.15) is 28.4 Å². The molecule has 1 fully saturated rings. The summed E-state index contributed by atoms with van der Waals surface area (Å²) in [4.78, 5) is 0. The van der Waals surface area contributed by atoms with E-state index in [0.717, 1.165) is 28.7 Å². The highest BCUT2D eigenvalue weighted by Gasteiger charge is 2.20. The highest BCUT2D eigenvalue weighted by Crippen LogP contribution is 2.21. The van der Waals surface area contributed by atoms with Crippen molar-refractivity contribution in [1.82, 2.24) is 15.5 Å². The summed E-state index contributed by atoms with van der Waals surface area (Å²) < 4.78 is 5.15. The van der Waals surface area contributed by atoms with Gasteiger partial charge >= 0.3 is 0 Å². The number of ether oxygens (including phenoxy) is 1. The van der Waals surface area contributed by atoms with Crippen molar-refractivity contribution in [2.45, 2.75) is 31.8 Å². The third-order valence-corrected chi connectivity index (χ3v) is 4.07. The van der Waals surface area contributed by atoms with Crippen LogP contribution in [-0.2, 0) is 13.0 Å².